The van der Waals surface area contributed by atoms with Crippen LogP contribution in [0.5, 0.6) is 5.75 Å². The van der Waals surface area contributed by atoms with Crippen molar-refractivity contribution in [1.29, 1.82) is 0 Å². The van der Waals surface area contributed by atoms with E-state index < -0.39 is 40.8 Å². The molecule has 3 atom stereocenters. The molecule has 48 heavy (non-hydrogen) atoms. The van der Waals surface area contributed by atoms with Gasteiger partial charge in [0.15, 0.2) is 0 Å². The summed E-state index contributed by atoms with van der Waals surface area (Å²) in [6.45, 7) is 7.40. The lowest BCUT2D eigenvalue weighted by molar-refractivity contribution is -0.122. The van der Waals surface area contributed by atoms with Gasteiger partial charge in [0.2, 0.25) is 17.7 Å². The van der Waals surface area contributed by atoms with Crippen molar-refractivity contribution in [2.75, 3.05) is 34.8 Å². The number of amides is 3. The van der Waals surface area contributed by atoms with E-state index in [2.05, 4.69) is 24.1 Å². The Labute approximate surface area is 285 Å². The largest absolute Gasteiger partial charge is 0.508 e. The lowest BCUT2D eigenvalue weighted by Crippen LogP contribution is -2.33. The molecule has 2 N–H and O–H groups in total. The zero-order chi connectivity index (χ0) is 34.1. The summed E-state index contributed by atoms with van der Waals surface area (Å²) >= 11 is 2.11. The van der Waals surface area contributed by atoms with Gasteiger partial charge in [-0.3, -0.25) is 23.7 Å². The topological polar surface area (TPSA) is 138 Å². The number of ether oxygens (including phenoxy) is 1. The second kappa shape index (κ2) is 13.7. The van der Waals surface area contributed by atoms with E-state index in [-0.39, 0.29) is 23.8 Å². The number of nitrogens with zero attached hydrogens (tertiary/aromatic N) is 3. The highest BCUT2D eigenvalue weighted by Crippen LogP contribution is 2.54. The minimum Gasteiger partial charge on any atom is -0.508 e. The van der Waals surface area contributed by atoms with Gasteiger partial charge in [-0.2, -0.15) is 0 Å². The Kier molecular flexibility index (Phi) is 9.42. The van der Waals surface area contributed by atoms with Crippen LogP contribution in [-0.4, -0.2) is 58.3 Å². The fourth-order valence-electron chi connectivity index (χ4n) is 6.20. The van der Waals surface area contributed by atoms with Crippen molar-refractivity contribution < 1.29 is 29.0 Å². The third-order valence-electron chi connectivity index (χ3n) is 8.52. The average Bonchev–Trinajstić information content (AvgIpc) is 3.53. The van der Waals surface area contributed by atoms with Crippen molar-refractivity contribution >= 4 is 63.9 Å². The SMILES string of the molecule is CCOC(=O)c1ccc(N2C(=O)C3Sc4c(sc(=O)n4CC(=O)Nc4ccc(O)cc4)[C@H](c4ccc(N(CC)CC)cc4)C3C2=O)cc1. The summed E-state index contributed by atoms with van der Waals surface area (Å²) in [6, 6.07) is 20.0. The van der Waals surface area contributed by atoms with E-state index in [0.717, 1.165) is 52.3 Å². The van der Waals surface area contributed by atoms with Gasteiger partial charge < -0.3 is 20.1 Å². The number of aromatic nitrogens is 1. The molecule has 2 unspecified atom stereocenters. The van der Waals surface area contributed by atoms with Crippen LogP contribution in [0.1, 0.15) is 47.5 Å². The number of carbonyl (C=O) groups excluding carboxylic acids is 4. The highest BCUT2D eigenvalue weighted by molar-refractivity contribution is 8.00. The van der Waals surface area contributed by atoms with Crippen molar-refractivity contribution in [2.24, 2.45) is 5.92 Å². The third-order valence-corrected chi connectivity index (χ3v) is 11.1. The molecule has 3 heterocycles. The second-order valence-corrected chi connectivity index (χ2v) is 13.4. The number of hydrogen-bond acceptors (Lipinski definition) is 10. The van der Waals surface area contributed by atoms with E-state index >= 15 is 0 Å². The van der Waals surface area contributed by atoms with E-state index in [1.54, 1.807) is 31.2 Å². The van der Waals surface area contributed by atoms with Gasteiger partial charge in [0.1, 0.15) is 17.5 Å². The van der Waals surface area contributed by atoms with Gasteiger partial charge in [0, 0.05) is 35.3 Å². The van der Waals surface area contributed by atoms with Crippen LogP contribution in [0.4, 0.5) is 17.1 Å². The molecule has 0 aliphatic carbocycles. The van der Waals surface area contributed by atoms with Gasteiger partial charge in [-0.1, -0.05) is 35.2 Å². The first kappa shape index (κ1) is 33.0. The maximum atomic E-state index is 14.3. The van der Waals surface area contributed by atoms with Crippen LogP contribution in [0.15, 0.2) is 82.6 Å². The molecule has 3 aromatic carbocycles. The number of benzene rings is 3. The Morgan fingerprint density at radius 3 is 2.19 bits per heavy atom. The summed E-state index contributed by atoms with van der Waals surface area (Å²) in [5.74, 6) is -3.16. The summed E-state index contributed by atoms with van der Waals surface area (Å²) in [4.78, 5) is 70.8. The molecule has 2 aliphatic heterocycles. The third kappa shape index (κ3) is 6.11. The molecule has 248 valence electrons. The smallest absolute Gasteiger partial charge is 0.338 e. The highest BCUT2D eigenvalue weighted by Gasteiger charge is 2.56. The van der Waals surface area contributed by atoms with Crippen LogP contribution in [0.3, 0.4) is 0 Å². The van der Waals surface area contributed by atoms with E-state index in [1.807, 2.05) is 24.3 Å². The van der Waals surface area contributed by atoms with Crippen LogP contribution >= 0.6 is 23.1 Å². The summed E-state index contributed by atoms with van der Waals surface area (Å²) in [5, 5.41) is 11.9. The number of hydrogen-bond donors (Lipinski definition) is 2. The monoisotopic (exact) mass is 686 g/mol. The number of rotatable bonds is 10. The van der Waals surface area contributed by atoms with E-state index in [4.69, 9.17) is 4.74 Å². The number of thiazole rings is 1. The predicted molar refractivity (Wildman–Crippen MR) is 185 cm³/mol. The molecule has 1 fully saturated rings. The number of nitrogens with one attached hydrogen (secondary N) is 1. The molecule has 4 aromatic rings. The lowest BCUT2D eigenvalue weighted by atomic mass is 9.83. The molecule has 1 saturated heterocycles. The first-order valence-electron chi connectivity index (χ1n) is 15.6. The normalized spacial score (nSPS) is 18.3. The zero-order valence-electron chi connectivity index (χ0n) is 26.5. The van der Waals surface area contributed by atoms with Crippen LogP contribution < -0.4 is 20.0 Å². The lowest BCUT2D eigenvalue weighted by Gasteiger charge is -2.31. The molecule has 13 heteroatoms. The van der Waals surface area contributed by atoms with Crippen LogP contribution in [-0.2, 0) is 25.7 Å². The summed E-state index contributed by atoms with van der Waals surface area (Å²) in [7, 11) is 0. The van der Waals surface area contributed by atoms with Gasteiger partial charge in [0.25, 0.3) is 0 Å². The first-order chi connectivity index (χ1) is 23.1. The van der Waals surface area contributed by atoms with E-state index in [0.29, 0.717) is 26.8 Å². The molecular weight excluding hydrogens is 653 g/mol. The van der Waals surface area contributed by atoms with Gasteiger partial charge >= 0.3 is 10.8 Å². The molecule has 11 nitrogen and oxygen atoms in total. The maximum Gasteiger partial charge on any atom is 0.338 e. The molecule has 1 aromatic heterocycles. The highest BCUT2D eigenvalue weighted by atomic mass is 32.2. The minimum absolute atomic E-state index is 0.0537. The number of anilines is 3. The molecule has 6 rings (SSSR count). The number of carbonyl (C=O) groups is 4. The minimum atomic E-state index is -0.859. The molecule has 0 spiro atoms. The number of phenols is 1. The molecule has 0 saturated carbocycles. The Morgan fingerprint density at radius 2 is 1.56 bits per heavy atom. The number of fused-ring (bicyclic) bond motifs is 2. The van der Waals surface area contributed by atoms with Crippen molar-refractivity contribution in [3.8, 4) is 5.75 Å². The number of thioether (sulfide) groups is 1. The Balaban J connectivity index is 1.38. The van der Waals surface area contributed by atoms with Crippen molar-refractivity contribution in [2.45, 2.75) is 43.5 Å². The maximum absolute atomic E-state index is 14.3. The molecule has 0 bridgehead atoms. The van der Waals surface area contributed by atoms with Gasteiger partial charge in [-0.25, -0.2) is 9.69 Å². The first-order valence-corrected chi connectivity index (χ1v) is 17.3. The van der Waals surface area contributed by atoms with Gasteiger partial charge in [0.05, 0.1) is 28.8 Å². The quantitative estimate of drug-likeness (QED) is 0.133. The van der Waals surface area contributed by atoms with E-state index in [1.165, 1.54) is 28.8 Å². The fraction of sp³-hybridized carbons (Fsp3) is 0.286. The average molecular weight is 687 g/mol. The van der Waals surface area contributed by atoms with E-state index in [9.17, 15) is 29.1 Å². The molecule has 2 aliphatic rings. The fourth-order valence-corrected chi connectivity index (χ4v) is 8.97. The molecular formula is C35H34N4O7S2. The van der Waals surface area contributed by atoms with Crippen molar-refractivity contribution in [3.05, 3.63) is 98.5 Å². The van der Waals surface area contributed by atoms with Gasteiger partial charge in [-0.15, -0.1) is 0 Å². The number of aromatic hydroxyl groups is 1. The van der Waals surface area contributed by atoms with Crippen LogP contribution in [0.25, 0.3) is 0 Å². The Bertz CT molecular complexity index is 1920. The second-order valence-electron chi connectivity index (χ2n) is 11.3. The van der Waals surface area contributed by atoms with Crippen LogP contribution in [0, 0.1) is 5.92 Å². The summed E-state index contributed by atoms with van der Waals surface area (Å²) in [5.41, 5.74) is 2.88. The van der Waals surface area contributed by atoms with Crippen molar-refractivity contribution in [1.82, 2.24) is 4.57 Å². The summed E-state index contributed by atoms with van der Waals surface area (Å²) in [6.07, 6.45) is 0. The summed E-state index contributed by atoms with van der Waals surface area (Å²) < 4.78 is 6.43. The molecule has 0 radical (unpaired) electrons. The zero-order valence-corrected chi connectivity index (χ0v) is 28.2. The van der Waals surface area contributed by atoms with Gasteiger partial charge in [-0.05, 0) is 87.0 Å². The number of imide groups is 1. The predicted octanol–water partition coefficient (Wildman–Crippen LogP) is 5.07. The standard InChI is InChI=1S/C35H34N4O7S2/c1-4-37(5-2)23-13-7-20(8-14-23)27-28-29(32(43)39(31(28)42)24-15-9-21(10-16-24)34(44)46-6-3)47-33-30(27)48-35(45)38(33)19-26(41)36-22-11-17-25(40)18-12-22/h7-18,27-29,40H,4-6,19H2,1-3H3,(H,36,41)/t27-,28?,29?/m1/s1. The van der Waals surface area contributed by atoms with Crippen molar-refractivity contribution in [3.63, 3.8) is 0 Å². The number of esters is 1. The Hall–Kier alpha value is -4.88. The van der Waals surface area contributed by atoms with Crippen LogP contribution in [0.2, 0.25) is 0 Å². The molecule has 3 amide bonds. The Morgan fingerprint density at radius 1 is 0.896 bits per heavy atom. The number of phenolic OH excluding ortho intramolecular Hbond substituents is 1.